The summed E-state index contributed by atoms with van der Waals surface area (Å²) >= 11 is 1.40. The molecule has 3 N–H and O–H groups in total. The summed E-state index contributed by atoms with van der Waals surface area (Å²) in [5.41, 5.74) is 6.98. The molecule has 6 nitrogen and oxygen atoms in total. The molecule has 0 radical (unpaired) electrons. The Bertz CT molecular complexity index is 952. The van der Waals surface area contributed by atoms with E-state index in [-0.39, 0.29) is 11.5 Å². The molecule has 0 aliphatic rings. The fourth-order valence-corrected chi connectivity index (χ4v) is 3.26. The minimum atomic E-state index is -0.575. The van der Waals surface area contributed by atoms with Crippen LogP contribution in [0.5, 0.6) is 5.75 Å². The van der Waals surface area contributed by atoms with Crippen molar-refractivity contribution in [1.29, 1.82) is 0 Å². The summed E-state index contributed by atoms with van der Waals surface area (Å²) in [5.74, 6) is -0.111. The van der Waals surface area contributed by atoms with Crippen LogP contribution in [0, 0.1) is 0 Å². The number of nitrogens with one attached hydrogen (secondary N) is 1. The van der Waals surface area contributed by atoms with Gasteiger partial charge in [0.05, 0.1) is 7.11 Å². The number of nitrogens with zero attached hydrogens (tertiary/aromatic N) is 1. The number of carbonyl (C=O) groups excluding carboxylic acids is 2. The molecule has 0 fully saturated rings. The van der Waals surface area contributed by atoms with Crippen LogP contribution in [0.3, 0.4) is 0 Å². The molecule has 1 heterocycles. The van der Waals surface area contributed by atoms with E-state index in [0.717, 1.165) is 16.2 Å². The highest BCUT2D eigenvalue weighted by Gasteiger charge is 2.11. The number of anilines is 1. The number of carbonyl (C=O) groups is 2. The van der Waals surface area contributed by atoms with Gasteiger partial charge in [-0.2, -0.15) is 0 Å². The van der Waals surface area contributed by atoms with Gasteiger partial charge in [0.1, 0.15) is 5.75 Å². The van der Waals surface area contributed by atoms with Gasteiger partial charge in [-0.25, -0.2) is 4.98 Å². The number of rotatable bonds is 6. The zero-order valence-electron chi connectivity index (χ0n) is 14.1. The summed E-state index contributed by atoms with van der Waals surface area (Å²) in [6, 6.07) is 14.1. The highest BCUT2D eigenvalue weighted by Crippen LogP contribution is 2.23. The SMILES string of the molecule is COc1cccc(Cc2cnc(NC(=O)c3cccc(C(N)=O)c3)s2)c1. The maximum absolute atomic E-state index is 12.3. The maximum atomic E-state index is 12.3. The number of primary amides is 1. The third kappa shape index (κ3) is 4.25. The van der Waals surface area contributed by atoms with Gasteiger partial charge in [0.15, 0.2) is 5.13 Å². The molecular formula is C19H17N3O3S. The molecule has 2 amide bonds. The van der Waals surface area contributed by atoms with Crippen molar-refractivity contribution < 1.29 is 14.3 Å². The van der Waals surface area contributed by atoms with Crippen LogP contribution in [0.25, 0.3) is 0 Å². The number of ether oxygens (including phenoxy) is 1. The fraction of sp³-hybridized carbons (Fsp3) is 0.105. The number of benzene rings is 2. The third-order valence-electron chi connectivity index (χ3n) is 3.70. The number of thiazole rings is 1. The molecule has 0 aliphatic carbocycles. The molecule has 3 aromatic rings. The van der Waals surface area contributed by atoms with Gasteiger partial charge in [-0.15, -0.1) is 11.3 Å². The van der Waals surface area contributed by atoms with Gasteiger partial charge in [0.25, 0.3) is 5.91 Å². The number of hydrogen-bond donors (Lipinski definition) is 2. The van der Waals surface area contributed by atoms with E-state index in [9.17, 15) is 9.59 Å². The summed E-state index contributed by atoms with van der Waals surface area (Å²) in [6.07, 6.45) is 2.43. The summed E-state index contributed by atoms with van der Waals surface area (Å²) in [4.78, 5) is 28.8. The number of amides is 2. The molecular weight excluding hydrogens is 350 g/mol. The monoisotopic (exact) mass is 367 g/mol. The molecule has 1 aromatic heterocycles. The lowest BCUT2D eigenvalue weighted by Gasteiger charge is -2.03. The molecule has 0 saturated carbocycles. The van der Waals surface area contributed by atoms with Crippen molar-refractivity contribution in [1.82, 2.24) is 4.98 Å². The highest BCUT2D eigenvalue weighted by molar-refractivity contribution is 7.15. The van der Waals surface area contributed by atoms with Crippen molar-refractivity contribution >= 4 is 28.3 Å². The number of nitrogens with two attached hydrogens (primary N) is 1. The van der Waals surface area contributed by atoms with Crippen molar-refractivity contribution in [2.75, 3.05) is 12.4 Å². The van der Waals surface area contributed by atoms with E-state index in [1.807, 2.05) is 24.3 Å². The van der Waals surface area contributed by atoms with Crippen LogP contribution < -0.4 is 15.8 Å². The predicted molar refractivity (Wildman–Crippen MR) is 101 cm³/mol. The normalized spacial score (nSPS) is 10.3. The average molecular weight is 367 g/mol. The summed E-state index contributed by atoms with van der Waals surface area (Å²) in [7, 11) is 1.63. The Balaban J connectivity index is 1.69. The fourth-order valence-electron chi connectivity index (χ4n) is 2.41. The zero-order valence-corrected chi connectivity index (χ0v) is 14.9. The molecule has 132 valence electrons. The lowest BCUT2D eigenvalue weighted by molar-refractivity contribution is 0.1000. The van der Waals surface area contributed by atoms with Gasteiger partial charge in [-0.3, -0.25) is 14.9 Å². The van der Waals surface area contributed by atoms with Crippen LogP contribution in [-0.2, 0) is 6.42 Å². The lowest BCUT2D eigenvalue weighted by Crippen LogP contribution is -2.15. The summed E-state index contributed by atoms with van der Waals surface area (Å²) in [5, 5.41) is 3.24. The molecule has 0 aliphatic heterocycles. The van der Waals surface area contributed by atoms with E-state index < -0.39 is 5.91 Å². The summed E-state index contributed by atoms with van der Waals surface area (Å²) in [6.45, 7) is 0. The van der Waals surface area contributed by atoms with E-state index in [0.29, 0.717) is 17.1 Å². The van der Waals surface area contributed by atoms with Crippen LogP contribution >= 0.6 is 11.3 Å². The molecule has 0 spiro atoms. The molecule has 26 heavy (non-hydrogen) atoms. The molecule has 3 rings (SSSR count). The minimum Gasteiger partial charge on any atom is -0.497 e. The van der Waals surface area contributed by atoms with Gasteiger partial charge in [-0.1, -0.05) is 18.2 Å². The second-order valence-electron chi connectivity index (χ2n) is 5.56. The average Bonchev–Trinajstić information content (AvgIpc) is 3.08. The van der Waals surface area contributed by atoms with Gasteiger partial charge in [0.2, 0.25) is 5.91 Å². The van der Waals surface area contributed by atoms with Gasteiger partial charge in [-0.05, 0) is 35.9 Å². The van der Waals surface area contributed by atoms with Crippen molar-refractivity contribution in [3.05, 3.63) is 76.3 Å². The standard InChI is InChI=1S/C19H17N3O3S/c1-25-15-7-2-4-12(8-15)9-16-11-21-19(26-16)22-18(24)14-6-3-5-13(10-14)17(20)23/h2-8,10-11H,9H2,1H3,(H2,20,23)(H,21,22,24). The van der Waals surface area contributed by atoms with E-state index in [1.54, 1.807) is 31.5 Å². The van der Waals surface area contributed by atoms with Crippen molar-refractivity contribution in [3.8, 4) is 5.75 Å². The first-order chi connectivity index (χ1) is 12.5. The minimum absolute atomic E-state index is 0.288. The number of aromatic nitrogens is 1. The zero-order chi connectivity index (χ0) is 18.5. The highest BCUT2D eigenvalue weighted by atomic mass is 32.1. The first-order valence-corrected chi connectivity index (χ1v) is 8.65. The quantitative estimate of drug-likeness (QED) is 0.700. The number of hydrogen-bond acceptors (Lipinski definition) is 5. The molecule has 0 atom stereocenters. The Labute approximate surface area is 154 Å². The topological polar surface area (TPSA) is 94.3 Å². The van der Waals surface area contributed by atoms with Crippen LogP contribution in [0.1, 0.15) is 31.2 Å². The maximum Gasteiger partial charge on any atom is 0.257 e. The van der Waals surface area contributed by atoms with Crippen molar-refractivity contribution in [2.24, 2.45) is 5.73 Å². The van der Waals surface area contributed by atoms with E-state index in [2.05, 4.69) is 10.3 Å². The molecule has 0 saturated heterocycles. The Hall–Kier alpha value is -3.19. The Morgan fingerprint density at radius 1 is 1.15 bits per heavy atom. The van der Waals surface area contributed by atoms with Gasteiger partial charge >= 0.3 is 0 Å². The van der Waals surface area contributed by atoms with Gasteiger partial charge in [0, 0.05) is 28.6 Å². The van der Waals surface area contributed by atoms with Crippen LogP contribution in [0.2, 0.25) is 0 Å². The Morgan fingerprint density at radius 3 is 2.69 bits per heavy atom. The Kier molecular flexibility index (Phi) is 5.28. The smallest absolute Gasteiger partial charge is 0.257 e. The third-order valence-corrected chi connectivity index (χ3v) is 4.61. The number of methoxy groups -OCH3 is 1. The second-order valence-corrected chi connectivity index (χ2v) is 6.67. The van der Waals surface area contributed by atoms with Crippen LogP contribution in [0.4, 0.5) is 5.13 Å². The van der Waals surface area contributed by atoms with Crippen molar-refractivity contribution in [2.45, 2.75) is 6.42 Å². The van der Waals surface area contributed by atoms with E-state index in [4.69, 9.17) is 10.5 Å². The second kappa shape index (κ2) is 7.79. The van der Waals surface area contributed by atoms with E-state index >= 15 is 0 Å². The van der Waals surface area contributed by atoms with Gasteiger partial charge < -0.3 is 10.5 Å². The van der Waals surface area contributed by atoms with E-state index in [1.165, 1.54) is 17.4 Å². The molecule has 7 heteroatoms. The molecule has 0 unspecified atom stereocenters. The Morgan fingerprint density at radius 2 is 1.92 bits per heavy atom. The lowest BCUT2D eigenvalue weighted by atomic mass is 10.1. The summed E-state index contributed by atoms with van der Waals surface area (Å²) < 4.78 is 5.22. The van der Waals surface area contributed by atoms with Crippen molar-refractivity contribution in [3.63, 3.8) is 0 Å². The first-order valence-electron chi connectivity index (χ1n) is 7.84. The van der Waals surface area contributed by atoms with Crippen LogP contribution in [-0.4, -0.2) is 23.9 Å². The molecule has 2 aromatic carbocycles. The predicted octanol–water partition coefficient (Wildman–Crippen LogP) is 3.09. The largest absolute Gasteiger partial charge is 0.497 e. The molecule has 0 bridgehead atoms. The first kappa shape index (κ1) is 17.6. The van der Waals surface area contributed by atoms with Crippen LogP contribution in [0.15, 0.2) is 54.7 Å².